The fourth-order valence-electron chi connectivity index (χ4n) is 4.93. The van der Waals surface area contributed by atoms with Crippen LogP contribution >= 0.6 is 0 Å². The molecule has 170 valence electrons. The Morgan fingerprint density at radius 2 is 1.48 bits per heavy atom. The summed E-state index contributed by atoms with van der Waals surface area (Å²) in [6, 6.07) is 19.4. The molecule has 1 atom stereocenters. The molecule has 1 unspecified atom stereocenters. The highest BCUT2D eigenvalue weighted by molar-refractivity contribution is 5.81. The number of amides is 1. The van der Waals surface area contributed by atoms with Crippen LogP contribution in [0.1, 0.15) is 45.7 Å². The van der Waals surface area contributed by atoms with Crippen molar-refractivity contribution in [2.75, 3.05) is 6.61 Å². The summed E-state index contributed by atoms with van der Waals surface area (Å²) in [5.74, 6) is -1.13. The molecule has 33 heavy (non-hydrogen) atoms. The van der Waals surface area contributed by atoms with E-state index in [1.807, 2.05) is 57.2 Å². The minimum absolute atomic E-state index is 0.0655. The Balaban J connectivity index is 1.40. The molecule has 0 saturated heterocycles. The topological polar surface area (TPSA) is 75.6 Å². The second kappa shape index (κ2) is 9.49. The number of carbonyl (C=O) groups excluding carboxylic acids is 1. The summed E-state index contributed by atoms with van der Waals surface area (Å²) in [4.78, 5) is 24.3. The van der Waals surface area contributed by atoms with Crippen molar-refractivity contribution in [3.05, 3.63) is 94.0 Å². The van der Waals surface area contributed by atoms with Crippen LogP contribution in [0.15, 0.2) is 60.7 Å². The van der Waals surface area contributed by atoms with Crippen LogP contribution in [0.3, 0.4) is 0 Å². The molecule has 1 aliphatic carbocycles. The van der Waals surface area contributed by atoms with Crippen molar-refractivity contribution in [2.24, 2.45) is 0 Å². The zero-order valence-corrected chi connectivity index (χ0v) is 19.2. The third kappa shape index (κ3) is 4.77. The van der Waals surface area contributed by atoms with Crippen LogP contribution in [-0.4, -0.2) is 29.8 Å². The largest absolute Gasteiger partial charge is 0.480 e. The molecule has 3 aromatic rings. The minimum atomic E-state index is -1.06. The van der Waals surface area contributed by atoms with Crippen LogP contribution in [-0.2, 0) is 16.0 Å². The van der Waals surface area contributed by atoms with Gasteiger partial charge in [0, 0.05) is 5.92 Å². The van der Waals surface area contributed by atoms with Crippen LogP contribution in [0.25, 0.3) is 11.1 Å². The van der Waals surface area contributed by atoms with Crippen molar-refractivity contribution in [3.63, 3.8) is 0 Å². The van der Waals surface area contributed by atoms with E-state index in [2.05, 4.69) is 29.6 Å². The summed E-state index contributed by atoms with van der Waals surface area (Å²) in [7, 11) is 0. The van der Waals surface area contributed by atoms with Crippen LogP contribution in [0.4, 0.5) is 4.79 Å². The molecule has 0 fully saturated rings. The van der Waals surface area contributed by atoms with E-state index < -0.39 is 18.1 Å². The highest BCUT2D eigenvalue weighted by atomic mass is 16.5. The van der Waals surface area contributed by atoms with Gasteiger partial charge in [0.2, 0.25) is 0 Å². The number of benzene rings is 3. The number of rotatable bonds is 7. The number of nitrogens with one attached hydrogen (secondary N) is 1. The van der Waals surface area contributed by atoms with Gasteiger partial charge < -0.3 is 15.2 Å². The maximum atomic E-state index is 12.5. The molecule has 0 aliphatic heterocycles. The average molecular weight is 444 g/mol. The lowest BCUT2D eigenvalue weighted by Gasteiger charge is -2.18. The van der Waals surface area contributed by atoms with Gasteiger partial charge in [-0.1, -0.05) is 66.2 Å². The Labute approximate surface area is 194 Å². The first-order valence-corrected chi connectivity index (χ1v) is 11.3. The van der Waals surface area contributed by atoms with E-state index in [0.717, 1.165) is 38.9 Å². The summed E-state index contributed by atoms with van der Waals surface area (Å²) in [6.07, 6.45) is 0.157. The van der Waals surface area contributed by atoms with E-state index >= 15 is 0 Å². The first-order chi connectivity index (χ1) is 15.8. The monoisotopic (exact) mass is 443 g/mol. The van der Waals surface area contributed by atoms with Crippen molar-refractivity contribution >= 4 is 12.1 Å². The van der Waals surface area contributed by atoms with Crippen LogP contribution < -0.4 is 5.32 Å². The van der Waals surface area contributed by atoms with E-state index in [4.69, 9.17) is 4.74 Å². The van der Waals surface area contributed by atoms with Crippen LogP contribution in [0, 0.1) is 20.8 Å². The molecule has 0 radical (unpaired) electrons. The molecule has 1 aliphatic rings. The number of carbonyl (C=O) groups is 2. The first-order valence-electron chi connectivity index (χ1n) is 11.3. The SMILES string of the molecule is Cc1cc(C)c(CCC(NC(=O)OCC2c3ccccc3-c3ccccc32)C(=O)O)c(C)c1. The first kappa shape index (κ1) is 22.6. The number of ether oxygens (including phenoxy) is 1. The number of aryl methyl sites for hydroxylation is 3. The van der Waals surface area contributed by atoms with Gasteiger partial charge in [0.05, 0.1) is 0 Å². The number of alkyl carbamates (subject to hydrolysis) is 1. The Morgan fingerprint density at radius 1 is 0.939 bits per heavy atom. The lowest BCUT2D eigenvalue weighted by atomic mass is 9.94. The van der Waals surface area contributed by atoms with Crippen molar-refractivity contribution in [1.82, 2.24) is 5.32 Å². The lowest BCUT2D eigenvalue weighted by Crippen LogP contribution is -2.41. The van der Waals surface area contributed by atoms with Gasteiger partial charge in [-0.15, -0.1) is 0 Å². The van der Waals surface area contributed by atoms with E-state index in [1.165, 1.54) is 5.56 Å². The molecule has 0 heterocycles. The Bertz CT molecular complexity index is 1130. The molecule has 2 N–H and O–H groups in total. The summed E-state index contributed by atoms with van der Waals surface area (Å²) in [6.45, 7) is 6.26. The molecule has 5 nitrogen and oxygen atoms in total. The molecule has 3 aromatic carbocycles. The molecule has 0 bridgehead atoms. The zero-order chi connectivity index (χ0) is 23.5. The van der Waals surface area contributed by atoms with E-state index in [0.29, 0.717) is 12.8 Å². The third-order valence-corrected chi connectivity index (χ3v) is 6.46. The number of hydrogen-bond acceptors (Lipinski definition) is 3. The van der Waals surface area contributed by atoms with Gasteiger partial charge in [0.25, 0.3) is 0 Å². The highest BCUT2D eigenvalue weighted by Crippen LogP contribution is 2.44. The molecule has 4 rings (SSSR count). The summed E-state index contributed by atoms with van der Waals surface area (Å²) < 4.78 is 5.52. The van der Waals surface area contributed by atoms with Gasteiger partial charge in [-0.25, -0.2) is 9.59 Å². The fourth-order valence-corrected chi connectivity index (χ4v) is 4.93. The van der Waals surface area contributed by atoms with Crippen LogP contribution in [0.2, 0.25) is 0 Å². The number of fused-ring (bicyclic) bond motifs is 3. The van der Waals surface area contributed by atoms with E-state index in [1.54, 1.807) is 0 Å². The standard InChI is InChI=1S/C28H29NO4/c1-17-14-18(2)20(19(3)15-17)12-13-26(27(30)31)29-28(32)33-16-25-23-10-6-4-8-21(23)22-9-5-7-11-24(22)25/h4-11,14-15,25-26H,12-13,16H2,1-3H3,(H,29,32)(H,30,31). The second-order valence-electron chi connectivity index (χ2n) is 8.78. The number of aliphatic carboxylic acids is 1. The minimum Gasteiger partial charge on any atom is -0.480 e. The van der Waals surface area contributed by atoms with Gasteiger partial charge in [0.1, 0.15) is 12.6 Å². The Morgan fingerprint density at radius 3 is 2.03 bits per heavy atom. The molecule has 5 heteroatoms. The maximum Gasteiger partial charge on any atom is 0.407 e. The van der Waals surface area contributed by atoms with Gasteiger partial charge in [-0.3, -0.25) is 0 Å². The molecule has 1 amide bonds. The molecular weight excluding hydrogens is 414 g/mol. The number of hydrogen-bond donors (Lipinski definition) is 2. The maximum absolute atomic E-state index is 12.5. The zero-order valence-electron chi connectivity index (χ0n) is 19.2. The van der Waals surface area contributed by atoms with Crippen molar-refractivity contribution in [3.8, 4) is 11.1 Å². The lowest BCUT2D eigenvalue weighted by molar-refractivity contribution is -0.139. The normalized spacial score (nSPS) is 13.2. The highest BCUT2D eigenvalue weighted by Gasteiger charge is 2.29. The average Bonchev–Trinajstić information content (AvgIpc) is 3.10. The number of carboxylic acid groups (broad SMARTS) is 1. The third-order valence-electron chi connectivity index (χ3n) is 6.46. The molecule has 0 aromatic heterocycles. The molecule has 0 saturated carbocycles. The molecular formula is C28H29NO4. The van der Waals surface area contributed by atoms with Gasteiger partial charge in [-0.05, 0) is 72.6 Å². The van der Waals surface area contributed by atoms with Gasteiger partial charge >= 0.3 is 12.1 Å². The Kier molecular flexibility index (Phi) is 6.50. The predicted molar refractivity (Wildman–Crippen MR) is 129 cm³/mol. The summed E-state index contributed by atoms with van der Waals surface area (Å²) >= 11 is 0. The van der Waals surface area contributed by atoms with E-state index in [9.17, 15) is 14.7 Å². The van der Waals surface area contributed by atoms with Gasteiger partial charge in [-0.2, -0.15) is 0 Å². The van der Waals surface area contributed by atoms with E-state index in [-0.39, 0.29) is 12.5 Å². The van der Waals surface area contributed by atoms with Crippen LogP contribution in [0.5, 0.6) is 0 Å². The Hall–Kier alpha value is -3.60. The second-order valence-corrected chi connectivity index (χ2v) is 8.78. The van der Waals surface area contributed by atoms with Crippen molar-refractivity contribution in [2.45, 2.75) is 45.6 Å². The number of carboxylic acids is 1. The predicted octanol–water partition coefficient (Wildman–Crippen LogP) is 5.54. The summed E-state index contributed by atoms with van der Waals surface area (Å²) in [5.41, 5.74) is 9.11. The van der Waals surface area contributed by atoms with Crippen molar-refractivity contribution < 1.29 is 19.4 Å². The fraction of sp³-hybridized carbons (Fsp3) is 0.286. The quantitative estimate of drug-likeness (QED) is 0.503. The summed E-state index contributed by atoms with van der Waals surface area (Å²) in [5, 5.41) is 12.2. The van der Waals surface area contributed by atoms with Gasteiger partial charge in [0.15, 0.2) is 0 Å². The van der Waals surface area contributed by atoms with Crippen molar-refractivity contribution in [1.29, 1.82) is 0 Å². The smallest absolute Gasteiger partial charge is 0.407 e. The molecule has 0 spiro atoms.